The number of anilines is 1. The van der Waals surface area contributed by atoms with E-state index in [1.54, 1.807) is 17.3 Å². The van der Waals surface area contributed by atoms with Crippen LogP contribution in [0.25, 0.3) is 22.4 Å². The van der Waals surface area contributed by atoms with Crippen LogP contribution in [0.15, 0.2) is 54.9 Å². The van der Waals surface area contributed by atoms with Gasteiger partial charge in [-0.15, -0.1) is 0 Å². The summed E-state index contributed by atoms with van der Waals surface area (Å²) in [6.45, 7) is 2.92. The molecule has 1 unspecified atom stereocenters. The van der Waals surface area contributed by atoms with Crippen LogP contribution in [0.4, 0.5) is 5.95 Å². The molecule has 10 heteroatoms. The number of imidazole rings is 1. The van der Waals surface area contributed by atoms with Crippen LogP contribution in [-0.2, 0) is 16.1 Å². The first-order valence-electron chi connectivity index (χ1n) is 11.7. The summed E-state index contributed by atoms with van der Waals surface area (Å²) in [7, 11) is 0. The fourth-order valence-corrected chi connectivity index (χ4v) is 4.74. The van der Waals surface area contributed by atoms with Gasteiger partial charge in [0.15, 0.2) is 5.65 Å². The zero-order valence-electron chi connectivity index (χ0n) is 19.1. The second-order valence-corrected chi connectivity index (χ2v) is 8.68. The van der Waals surface area contributed by atoms with E-state index < -0.39 is 6.61 Å². The molecular weight excluding hydrogens is 446 g/mol. The van der Waals surface area contributed by atoms with Crippen LogP contribution in [0, 0.1) is 0 Å². The summed E-state index contributed by atoms with van der Waals surface area (Å²) >= 11 is 0. The van der Waals surface area contributed by atoms with Gasteiger partial charge in [-0.2, -0.15) is 0 Å². The molecule has 0 spiro atoms. The summed E-state index contributed by atoms with van der Waals surface area (Å²) in [6.07, 6.45) is 3.57. The van der Waals surface area contributed by atoms with Crippen molar-refractivity contribution in [2.45, 2.75) is 12.6 Å². The molecule has 10 nitrogen and oxygen atoms in total. The minimum Gasteiger partial charge on any atom is -0.387 e. The molecule has 5 heterocycles. The molecule has 0 saturated carbocycles. The molecule has 1 saturated heterocycles. The molecule has 1 atom stereocenters. The fraction of sp³-hybridized carbons (Fsp3) is 0.320. The summed E-state index contributed by atoms with van der Waals surface area (Å²) in [6, 6.07) is 14.2. The molecule has 3 aromatic heterocycles. The second kappa shape index (κ2) is 9.05. The van der Waals surface area contributed by atoms with Crippen molar-refractivity contribution in [1.29, 1.82) is 0 Å². The standard InChI is InChI=1S/C25H25N7O3/c33-14-23(34)30-8-10-31(11-9-30)25-26-12-18(13-27-25)19-6-7-20-24(29-19)32-21(15-35-16-22(32)28-20)17-4-2-1-3-5-17/h1-7,12-13,21,33H,8-11,14-16H2. The fourth-order valence-electron chi connectivity index (χ4n) is 4.74. The normalized spacial score (nSPS) is 18.0. The van der Waals surface area contributed by atoms with Crippen molar-refractivity contribution >= 4 is 23.0 Å². The molecule has 1 amide bonds. The van der Waals surface area contributed by atoms with Crippen LogP contribution < -0.4 is 4.90 Å². The number of rotatable bonds is 4. The smallest absolute Gasteiger partial charge is 0.248 e. The first-order chi connectivity index (χ1) is 17.2. The molecule has 178 valence electrons. The summed E-state index contributed by atoms with van der Waals surface area (Å²) in [5.41, 5.74) is 4.42. The van der Waals surface area contributed by atoms with Crippen LogP contribution in [0.1, 0.15) is 17.4 Å². The summed E-state index contributed by atoms with van der Waals surface area (Å²) in [5, 5.41) is 9.05. The second-order valence-electron chi connectivity index (χ2n) is 8.68. The van der Waals surface area contributed by atoms with Crippen LogP contribution in [0.3, 0.4) is 0 Å². The van der Waals surface area contributed by atoms with Gasteiger partial charge in [0, 0.05) is 44.1 Å². The Morgan fingerprint density at radius 3 is 2.51 bits per heavy atom. The number of fused-ring (bicyclic) bond motifs is 3. The van der Waals surface area contributed by atoms with Crippen molar-refractivity contribution in [3.8, 4) is 11.3 Å². The van der Waals surface area contributed by atoms with E-state index in [4.69, 9.17) is 19.8 Å². The first kappa shape index (κ1) is 21.6. The van der Waals surface area contributed by atoms with E-state index in [-0.39, 0.29) is 11.9 Å². The highest BCUT2D eigenvalue weighted by molar-refractivity contribution is 5.77. The van der Waals surface area contributed by atoms with E-state index in [1.165, 1.54) is 0 Å². The number of aliphatic hydroxyl groups excluding tert-OH is 1. The average molecular weight is 472 g/mol. The minimum atomic E-state index is -0.456. The van der Waals surface area contributed by atoms with Crippen molar-refractivity contribution < 1.29 is 14.6 Å². The van der Waals surface area contributed by atoms with Gasteiger partial charge >= 0.3 is 0 Å². The van der Waals surface area contributed by atoms with E-state index in [2.05, 4.69) is 26.7 Å². The van der Waals surface area contributed by atoms with Gasteiger partial charge in [-0.05, 0) is 17.7 Å². The Bertz CT molecular complexity index is 1350. The molecule has 0 aliphatic carbocycles. The molecule has 1 aromatic carbocycles. The Balaban J connectivity index is 1.27. The molecule has 2 aliphatic rings. The molecule has 6 rings (SSSR count). The van der Waals surface area contributed by atoms with Gasteiger partial charge in [-0.25, -0.2) is 19.9 Å². The van der Waals surface area contributed by atoms with E-state index in [1.807, 2.05) is 35.2 Å². The number of carbonyl (C=O) groups excluding carboxylic acids is 1. The maximum absolute atomic E-state index is 11.7. The van der Waals surface area contributed by atoms with Crippen LogP contribution in [0.5, 0.6) is 0 Å². The molecule has 0 radical (unpaired) electrons. The van der Waals surface area contributed by atoms with Gasteiger partial charge < -0.3 is 24.2 Å². The molecular formula is C25H25N7O3. The number of pyridine rings is 1. The van der Waals surface area contributed by atoms with Crippen LogP contribution in [-0.4, -0.2) is 79.8 Å². The van der Waals surface area contributed by atoms with E-state index >= 15 is 0 Å². The topological polar surface area (TPSA) is 110 Å². The summed E-state index contributed by atoms with van der Waals surface area (Å²) in [4.78, 5) is 34.2. The Kier molecular flexibility index (Phi) is 5.59. The number of aliphatic hydroxyl groups is 1. The highest BCUT2D eigenvalue weighted by atomic mass is 16.5. The van der Waals surface area contributed by atoms with E-state index in [9.17, 15) is 4.79 Å². The monoisotopic (exact) mass is 471 g/mol. The Hall–Kier alpha value is -3.89. The number of aromatic nitrogens is 5. The number of amides is 1. The molecule has 35 heavy (non-hydrogen) atoms. The number of piperazine rings is 1. The average Bonchev–Trinajstić information content (AvgIpc) is 3.31. The Labute approximate surface area is 201 Å². The third-order valence-electron chi connectivity index (χ3n) is 6.60. The lowest BCUT2D eigenvalue weighted by atomic mass is 10.1. The van der Waals surface area contributed by atoms with Gasteiger partial charge in [0.25, 0.3) is 0 Å². The number of hydrogen-bond acceptors (Lipinski definition) is 8. The van der Waals surface area contributed by atoms with Gasteiger partial charge in [-0.1, -0.05) is 30.3 Å². The maximum Gasteiger partial charge on any atom is 0.248 e. The largest absolute Gasteiger partial charge is 0.387 e. The van der Waals surface area contributed by atoms with Gasteiger partial charge in [0.05, 0.1) is 18.3 Å². The number of carbonyl (C=O) groups is 1. The number of benzene rings is 1. The summed E-state index contributed by atoms with van der Waals surface area (Å²) < 4.78 is 8.02. The van der Waals surface area contributed by atoms with Crippen molar-refractivity contribution in [1.82, 2.24) is 29.4 Å². The zero-order chi connectivity index (χ0) is 23.8. The van der Waals surface area contributed by atoms with Gasteiger partial charge in [-0.3, -0.25) is 4.79 Å². The predicted molar refractivity (Wildman–Crippen MR) is 129 cm³/mol. The third kappa shape index (κ3) is 4.00. The Morgan fingerprint density at radius 1 is 1.00 bits per heavy atom. The highest BCUT2D eigenvalue weighted by Gasteiger charge is 2.26. The molecule has 0 bridgehead atoms. The van der Waals surface area contributed by atoms with Crippen molar-refractivity contribution in [3.63, 3.8) is 0 Å². The van der Waals surface area contributed by atoms with E-state index in [0.29, 0.717) is 45.3 Å². The minimum absolute atomic E-state index is 0.0164. The SMILES string of the molecule is O=C(CO)N1CCN(c2ncc(-c3ccc4nc5n(c4n3)C(c3ccccc3)COC5)cn2)CC1. The van der Waals surface area contributed by atoms with E-state index in [0.717, 1.165) is 33.8 Å². The number of nitrogens with zero attached hydrogens (tertiary/aromatic N) is 7. The zero-order valence-corrected chi connectivity index (χ0v) is 19.1. The number of ether oxygens (including phenoxy) is 1. The lowest BCUT2D eigenvalue weighted by molar-refractivity contribution is -0.134. The summed E-state index contributed by atoms with van der Waals surface area (Å²) in [5.74, 6) is 1.25. The van der Waals surface area contributed by atoms with Crippen molar-refractivity contribution in [3.05, 3.63) is 66.2 Å². The lowest BCUT2D eigenvalue weighted by Crippen LogP contribution is -2.50. The van der Waals surface area contributed by atoms with Crippen LogP contribution in [0.2, 0.25) is 0 Å². The maximum atomic E-state index is 11.7. The predicted octanol–water partition coefficient (Wildman–Crippen LogP) is 1.65. The lowest BCUT2D eigenvalue weighted by Gasteiger charge is -2.34. The van der Waals surface area contributed by atoms with Crippen molar-refractivity contribution in [2.24, 2.45) is 0 Å². The molecule has 4 aromatic rings. The number of hydrogen-bond donors (Lipinski definition) is 1. The molecule has 2 aliphatic heterocycles. The quantitative estimate of drug-likeness (QED) is 0.479. The Morgan fingerprint density at radius 2 is 1.77 bits per heavy atom. The first-order valence-corrected chi connectivity index (χ1v) is 11.7. The van der Waals surface area contributed by atoms with Crippen molar-refractivity contribution in [2.75, 3.05) is 44.3 Å². The van der Waals surface area contributed by atoms with Crippen LogP contribution >= 0.6 is 0 Å². The van der Waals surface area contributed by atoms with Gasteiger partial charge in [0.1, 0.15) is 24.6 Å². The third-order valence-corrected chi connectivity index (χ3v) is 6.60. The molecule has 1 N–H and O–H groups in total. The molecule has 1 fully saturated rings. The van der Waals surface area contributed by atoms with Gasteiger partial charge in [0.2, 0.25) is 11.9 Å². The highest BCUT2D eigenvalue weighted by Crippen LogP contribution is 2.31.